The zero-order valence-electron chi connectivity index (χ0n) is 20.5. The molecule has 186 valence electrons. The van der Waals surface area contributed by atoms with E-state index in [1.165, 1.54) is 4.90 Å². The summed E-state index contributed by atoms with van der Waals surface area (Å²) < 4.78 is 5.02. The number of ether oxygens (including phenoxy) is 1. The summed E-state index contributed by atoms with van der Waals surface area (Å²) in [5.74, 6) is 4.68. The predicted molar refractivity (Wildman–Crippen MR) is 138 cm³/mol. The van der Waals surface area contributed by atoms with E-state index in [1.807, 2.05) is 66.7 Å². The monoisotopic (exact) mass is 486 g/mol. The maximum absolute atomic E-state index is 13.8. The lowest BCUT2D eigenvalue weighted by molar-refractivity contribution is -0.143. The highest BCUT2D eigenvalue weighted by Gasteiger charge is 2.54. The summed E-state index contributed by atoms with van der Waals surface area (Å²) in [7, 11) is 0. The Morgan fingerprint density at radius 2 is 1.81 bits per heavy atom. The van der Waals surface area contributed by atoms with Crippen molar-refractivity contribution >= 4 is 34.9 Å². The van der Waals surface area contributed by atoms with E-state index >= 15 is 0 Å². The van der Waals surface area contributed by atoms with E-state index in [-0.39, 0.29) is 37.4 Å². The highest BCUT2D eigenvalue weighted by molar-refractivity contribution is 6.07. The smallest absolute Gasteiger partial charge is 0.328 e. The average molecular weight is 487 g/mol. The lowest BCUT2D eigenvalue weighted by Crippen LogP contribution is -2.44. The van der Waals surface area contributed by atoms with Crippen LogP contribution in [-0.2, 0) is 26.4 Å². The number of hydrazone groups is 1. The SMILES string of the molecule is CCOC(=O)CCCN1C(=O)N(Cc2ccc3ccc(C=NN)cc3c2)C(=O)C1(C)c1ccccc1. The van der Waals surface area contributed by atoms with Gasteiger partial charge in [0.15, 0.2) is 0 Å². The van der Waals surface area contributed by atoms with Crippen molar-refractivity contribution in [2.24, 2.45) is 10.9 Å². The Hall–Kier alpha value is -4.20. The molecule has 8 heteroatoms. The van der Waals surface area contributed by atoms with Crippen LogP contribution in [0.25, 0.3) is 10.8 Å². The zero-order valence-corrected chi connectivity index (χ0v) is 20.5. The van der Waals surface area contributed by atoms with Gasteiger partial charge >= 0.3 is 12.0 Å². The minimum Gasteiger partial charge on any atom is -0.466 e. The van der Waals surface area contributed by atoms with Crippen LogP contribution in [0.4, 0.5) is 4.79 Å². The van der Waals surface area contributed by atoms with E-state index in [2.05, 4.69) is 5.10 Å². The molecule has 1 fully saturated rings. The number of fused-ring (bicyclic) bond motifs is 1. The number of nitrogens with two attached hydrogens (primary N) is 1. The molecular formula is C28H30N4O4. The van der Waals surface area contributed by atoms with Crippen molar-refractivity contribution in [3.05, 3.63) is 83.4 Å². The minimum atomic E-state index is -1.17. The number of carbonyl (C=O) groups excluding carboxylic acids is 3. The van der Waals surface area contributed by atoms with Crippen molar-refractivity contribution in [1.82, 2.24) is 9.80 Å². The molecule has 1 saturated heterocycles. The van der Waals surface area contributed by atoms with Crippen molar-refractivity contribution in [2.75, 3.05) is 13.2 Å². The van der Waals surface area contributed by atoms with Crippen LogP contribution < -0.4 is 5.84 Å². The van der Waals surface area contributed by atoms with Crippen LogP contribution in [0.2, 0.25) is 0 Å². The molecule has 2 N–H and O–H groups in total. The van der Waals surface area contributed by atoms with Crippen molar-refractivity contribution < 1.29 is 19.1 Å². The third-order valence-electron chi connectivity index (χ3n) is 6.56. The minimum absolute atomic E-state index is 0.139. The first kappa shape index (κ1) is 24.9. The second-order valence-electron chi connectivity index (χ2n) is 8.89. The number of hydrogen-bond donors (Lipinski definition) is 1. The van der Waals surface area contributed by atoms with Gasteiger partial charge in [0.1, 0.15) is 5.54 Å². The second-order valence-corrected chi connectivity index (χ2v) is 8.89. The number of nitrogens with zero attached hydrogens (tertiary/aromatic N) is 3. The summed E-state index contributed by atoms with van der Waals surface area (Å²) in [6.45, 7) is 4.22. The Kier molecular flexibility index (Phi) is 7.33. The van der Waals surface area contributed by atoms with Gasteiger partial charge in [0.2, 0.25) is 0 Å². The number of imide groups is 1. The Morgan fingerprint density at radius 3 is 2.53 bits per heavy atom. The number of amides is 3. The van der Waals surface area contributed by atoms with E-state index in [4.69, 9.17) is 10.6 Å². The van der Waals surface area contributed by atoms with Crippen LogP contribution in [0.5, 0.6) is 0 Å². The van der Waals surface area contributed by atoms with Gasteiger partial charge in [-0.1, -0.05) is 54.6 Å². The molecule has 36 heavy (non-hydrogen) atoms. The third kappa shape index (κ3) is 4.79. The van der Waals surface area contributed by atoms with E-state index in [0.717, 1.165) is 27.5 Å². The quantitative estimate of drug-likeness (QED) is 0.161. The van der Waals surface area contributed by atoms with E-state index in [0.29, 0.717) is 13.0 Å². The molecule has 0 spiro atoms. The molecule has 1 heterocycles. The molecule has 0 radical (unpaired) electrons. The van der Waals surface area contributed by atoms with Gasteiger partial charge < -0.3 is 15.5 Å². The van der Waals surface area contributed by atoms with Crippen LogP contribution >= 0.6 is 0 Å². The fourth-order valence-corrected chi connectivity index (χ4v) is 4.68. The fraction of sp³-hybridized carbons (Fsp3) is 0.286. The Labute approximate surface area is 210 Å². The molecule has 0 aliphatic carbocycles. The van der Waals surface area contributed by atoms with Gasteiger partial charge in [-0.25, -0.2) is 4.79 Å². The van der Waals surface area contributed by atoms with Crippen molar-refractivity contribution in [3.63, 3.8) is 0 Å². The van der Waals surface area contributed by atoms with Crippen LogP contribution in [0.1, 0.15) is 43.4 Å². The first-order valence-corrected chi connectivity index (χ1v) is 12.0. The number of rotatable bonds is 9. The number of esters is 1. The lowest BCUT2D eigenvalue weighted by Gasteiger charge is -2.32. The molecule has 4 rings (SSSR count). The van der Waals surface area contributed by atoms with Crippen molar-refractivity contribution in [1.29, 1.82) is 0 Å². The molecule has 8 nitrogen and oxygen atoms in total. The topological polar surface area (TPSA) is 105 Å². The zero-order chi connectivity index (χ0) is 25.7. The maximum Gasteiger partial charge on any atom is 0.328 e. The summed E-state index contributed by atoms with van der Waals surface area (Å²) in [6, 6.07) is 20.6. The van der Waals surface area contributed by atoms with E-state index in [1.54, 1.807) is 25.0 Å². The van der Waals surface area contributed by atoms with Gasteiger partial charge in [-0.15, -0.1) is 0 Å². The van der Waals surface area contributed by atoms with Gasteiger partial charge in [0, 0.05) is 13.0 Å². The molecule has 1 aliphatic heterocycles. The third-order valence-corrected chi connectivity index (χ3v) is 6.56. The van der Waals surface area contributed by atoms with E-state index in [9.17, 15) is 14.4 Å². The predicted octanol–water partition coefficient (Wildman–Crippen LogP) is 4.16. The normalized spacial score (nSPS) is 17.9. The molecule has 1 unspecified atom stereocenters. The summed E-state index contributed by atoms with van der Waals surface area (Å²) in [6.07, 6.45) is 2.14. The largest absolute Gasteiger partial charge is 0.466 e. The molecule has 3 amide bonds. The summed E-state index contributed by atoms with van der Waals surface area (Å²) in [4.78, 5) is 42.1. The van der Waals surface area contributed by atoms with Crippen molar-refractivity contribution in [3.8, 4) is 0 Å². The van der Waals surface area contributed by atoms with Crippen LogP contribution in [-0.4, -0.2) is 47.1 Å². The Bertz CT molecular complexity index is 1310. The fourth-order valence-electron chi connectivity index (χ4n) is 4.68. The van der Waals surface area contributed by atoms with Crippen LogP contribution in [0, 0.1) is 0 Å². The summed E-state index contributed by atoms with van der Waals surface area (Å²) in [5, 5.41) is 5.57. The Morgan fingerprint density at radius 1 is 1.06 bits per heavy atom. The van der Waals surface area contributed by atoms with Crippen LogP contribution in [0.3, 0.4) is 0 Å². The Balaban J connectivity index is 1.63. The van der Waals surface area contributed by atoms with Gasteiger partial charge in [-0.2, -0.15) is 5.10 Å². The number of hydrogen-bond acceptors (Lipinski definition) is 6. The maximum atomic E-state index is 13.8. The van der Waals surface area contributed by atoms with Gasteiger partial charge in [-0.05, 0) is 59.9 Å². The number of carbonyl (C=O) groups is 3. The highest BCUT2D eigenvalue weighted by atomic mass is 16.5. The molecule has 0 saturated carbocycles. The number of urea groups is 1. The standard InChI is InChI=1S/C28H30N4O4/c1-3-36-25(33)10-7-15-32-27(35)31(26(34)28(32,2)24-8-5-4-6-9-24)19-21-12-14-22-13-11-20(18-30-29)16-23(22)17-21/h4-6,8-9,11-14,16-18H,3,7,10,15,19,29H2,1-2H3. The first-order chi connectivity index (χ1) is 17.4. The average Bonchev–Trinajstić information content (AvgIpc) is 3.06. The second kappa shape index (κ2) is 10.6. The lowest BCUT2D eigenvalue weighted by atomic mass is 9.90. The van der Waals surface area contributed by atoms with E-state index < -0.39 is 5.54 Å². The molecule has 0 bridgehead atoms. The molecular weight excluding hydrogens is 456 g/mol. The summed E-state index contributed by atoms with van der Waals surface area (Å²) >= 11 is 0. The van der Waals surface area contributed by atoms with Crippen molar-refractivity contribution in [2.45, 2.75) is 38.8 Å². The molecule has 1 atom stereocenters. The van der Waals surface area contributed by atoms with Gasteiger partial charge in [-0.3, -0.25) is 14.5 Å². The highest BCUT2D eigenvalue weighted by Crippen LogP contribution is 2.38. The molecule has 3 aromatic rings. The molecule has 3 aromatic carbocycles. The molecule has 0 aromatic heterocycles. The summed E-state index contributed by atoms with van der Waals surface area (Å²) in [5.41, 5.74) is 1.25. The molecule has 1 aliphatic rings. The first-order valence-electron chi connectivity index (χ1n) is 12.0. The van der Waals surface area contributed by atoms with Gasteiger partial charge in [0.25, 0.3) is 5.91 Å². The van der Waals surface area contributed by atoms with Gasteiger partial charge in [0.05, 0.1) is 19.4 Å². The number of benzene rings is 3. The van der Waals surface area contributed by atoms with Crippen LogP contribution in [0.15, 0.2) is 71.8 Å².